The van der Waals surface area contributed by atoms with E-state index in [2.05, 4.69) is 5.32 Å². The van der Waals surface area contributed by atoms with E-state index >= 15 is 0 Å². The number of amides is 1. The Morgan fingerprint density at radius 2 is 2.00 bits per heavy atom. The highest BCUT2D eigenvalue weighted by molar-refractivity contribution is 7.86. The van der Waals surface area contributed by atoms with Crippen LogP contribution in [0, 0.1) is 12.8 Å². The summed E-state index contributed by atoms with van der Waals surface area (Å²) in [6.07, 6.45) is 0.500. The van der Waals surface area contributed by atoms with Crippen LogP contribution in [0.3, 0.4) is 0 Å². The van der Waals surface area contributed by atoms with Crippen molar-refractivity contribution in [1.29, 1.82) is 0 Å². The van der Waals surface area contributed by atoms with Gasteiger partial charge in [0.25, 0.3) is 0 Å². The van der Waals surface area contributed by atoms with Crippen LogP contribution < -0.4 is 5.32 Å². The van der Waals surface area contributed by atoms with E-state index in [1.165, 1.54) is 12.1 Å². The SMILES string of the molecule is Cc1ccc(S(=O)(=O)OC2=C(C(=O)O)N3C(=O)[C@H]4NCCC2[C@H]43)cc1. The first-order valence-corrected chi connectivity index (χ1v) is 9.27. The van der Waals surface area contributed by atoms with Crippen molar-refractivity contribution < 1.29 is 27.3 Å². The van der Waals surface area contributed by atoms with E-state index in [1.807, 2.05) is 6.92 Å². The van der Waals surface area contributed by atoms with Gasteiger partial charge < -0.3 is 14.6 Å². The molecule has 0 radical (unpaired) electrons. The number of aliphatic carboxylic acids is 1. The van der Waals surface area contributed by atoms with Gasteiger partial charge in [-0.1, -0.05) is 17.7 Å². The molecule has 0 bridgehead atoms. The van der Waals surface area contributed by atoms with Crippen LogP contribution in [0.2, 0.25) is 0 Å². The van der Waals surface area contributed by atoms with Crippen molar-refractivity contribution in [2.75, 3.05) is 6.54 Å². The molecule has 0 spiro atoms. The number of carbonyl (C=O) groups excluding carboxylic acids is 1. The Morgan fingerprint density at radius 3 is 2.64 bits per heavy atom. The van der Waals surface area contributed by atoms with E-state index in [4.69, 9.17) is 4.18 Å². The van der Waals surface area contributed by atoms with E-state index in [9.17, 15) is 23.1 Å². The van der Waals surface area contributed by atoms with Crippen molar-refractivity contribution in [3.63, 3.8) is 0 Å². The maximum Gasteiger partial charge on any atom is 0.356 e. The molecule has 4 rings (SSSR count). The lowest BCUT2D eigenvalue weighted by atomic mass is 9.82. The molecule has 2 saturated heterocycles. The molecule has 25 heavy (non-hydrogen) atoms. The summed E-state index contributed by atoms with van der Waals surface area (Å²) in [4.78, 5) is 24.9. The maximum absolute atomic E-state index is 12.6. The van der Waals surface area contributed by atoms with Gasteiger partial charge in [-0.05, 0) is 32.0 Å². The average Bonchev–Trinajstić information content (AvgIpc) is 2.88. The molecular weight excluding hydrogens is 348 g/mol. The number of nitrogens with zero attached hydrogens (tertiary/aromatic N) is 1. The number of benzene rings is 1. The fourth-order valence-electron chi connectivity index (χ4n) is 3.72. The minimum Gasteiger partial charge on any atom is -0.476 e. The van der Waals surface area contributed by atoms with E-state index < -0.39 is 34.1 Å². The van der Waals surface area contributed by atoms with Crippen molar-refractivity contribution in [3.05, 3.63) is 41.3 Å². The molecule has 2 N–H and O–H groups in total. The number of hydrogen-bond donors (Lipinski definition) is 2. The van der Waals surface area contributed by atoms with Gasteiger partial charge in [0, 0.05) is 5.92 Å². The summed E-state index contributed by atoms with van der Waals surface area (Å²) in [5, 5.41) is 12.5. The third kappa shape index (κ3) is 2.26. The van der Waals surface area contributed by atoms with Gasteiger partial charge in [-0.2, -0.15) is 8.42 Å². The fraction of sp³-hybridized carbons (Fsp3) is 0.375. The molecule has 2 fully saturated rings. The zero-order valence-electron chi connectivity index (χ0n) is 13.3. The van der Waals surface area contributed by atoms with Gasteiger partial charge in [0.2, 0.25) is 5.91 Å². The molecule has 3 heterocycles. The lowest BCUT2D eigenvalue weighted by Gasteiger charge is -2.48. The molecule has 0 saturated carbocycles. The van der Waals surface area contributed by atoms with Crippen LogP contribution >= 0.6 is 0 Å². The van der Waals surface area contributed by atoms with Crippen LogP contribution in [0.4, 0.5) is 0 Å². The lowest BCUT2D eigenvalue weighted by molar-refractivity contribution is -0.154. The quantitative estimate of drug-likeness (QED) is 0.579. The minimum absolute atomic E-state index is 0.0543. The molecule has 1 amide bonds. The second-order valence-electron chi connectivity index (χ2n) is 6.39. The lowest BCUT2D eigenvalue weighted by Crippen LogP contribution is -2.71. The summed E-state index contributed by atoms with van der Waals surface area (Å²) < 4.78 is 30.4. The van der Waals surface area contributed by atoms with Gasteiger partial charge in [0.1, 0.15) is 10.9 Å². The van der Waals surface area contributed by atoms with Gasteiger partial charge in [0.15, 0.2) is 11.5 Å². The number of nitrogens with one attached hydrogen (secondary N) is 1. The molecule has 3 aliphatic heterocycles. The molecule has 1 aromatic rings. The van der Waals surface area contributed by atoms with Gasteiger partial charge in [-0.15, -0.1) is 0 Å². The minimum atomic E-state index is -4.18. The summed E-state index contributed by atoms with van der Waals surface area (Å²) in [6.45, 7) is 2.32. The van der Waals surface area contributed by atoms with E-state index in [0.29, 0.717) is 13.0 Å². The maximum atomic E-state index is 12.6. The Hall–Kier alpha value is -2.39. The predicted molar refractivity (Wildman–Crippen MR) is 84.6 cm³/mol. The number of rotatable bonds is 4. The smallest absolute Gasteiger partial charge is 0.356 e. The number of carboxylic acid groups (broad SMARTS) is 1. The predicted octanol–water partition coefficient (Wildman–Crippen LogP) is 0.199. The van der Waals surface area contributed by atoms with Gasteiger partial charge >= 0.3 is 16.1 Å². The highest BCUT2D eigenvalue weighted by atomic mass is 32.2. The first kappa shape index (κ1) is 16.1. The average molecular weight is 364 g/mol. The van der Waals surface area contributed by atoms with Gasteiger partial charge in [-0.25, -0.2) is 4.79 Å². The second-order valence-corrected chi connectivity index (χ2v) is 7.94. The van der Waals surface area contributed by atoms with Crippen LogP contribution in [0.1, 0.15) is 12.0 Å². The van der Waals surface area contributed by atoms with E-state index in [-0.39, 0.29) is 22.3 Å². The van der Waals surface area contributed by atoms with E-state index in [1.54, 1.807) is 12.1 Å². The van der Waals surface area contributed by atoms with Crippen molar-refractivity contribution in [2.24, 2.45) is 5.92 Å². The molecule has 3 aliphatic rings. The molecule has 3 atom stereocenters. The Balaban J connectivity index is 1.74. The van der Waals surface area contributed by atoms with Crippen LogP contribution in [0.15, 0.2) is 40.6 Å². The van der Waals surface area contributed by atoms with Crippen molar-refractivity contribution in [1.82, 2.24) is 10.2 Å². The zero-order chi connectivity index (χ0) is 17.9. The monoisotopic (exact) mass is 364 g/mol. The molecular formula is C16H16N2O6S. The topological polar surface area (TPSA) is 113 Å². The van der Waals surface area contributed by atoms with Crippen molar-refractivity contribution in [2.45, 2.75) is 30.3 Å². The molecule has 0 aromatic heterocycles. The molecule has 132 valence electrons. The van der Waals surface area contributed by atoms with Crippen LogP contribution in [0.5, 0.6) is 0 Å². The normalized spacial score (nSPS) is 27.8. The Kier molecular flexibility index (Phi) is 3.41. The first-order valence-electron chi connectivity index (χ1n) is 7.86. The molecule has 8 nitrogen and oxygen atoms in total. The second kappa shape index (κ2) is 5.30. The Labute approximate surface area is 144 Å². The highest BCUT2D eigenvalue weighted by Gasteiger charge is 2.62. The molecule has 1 unspecified atom stereocenters. The Morgan fingerprint density at radius 1 is 1.32 bits per heavy atom. The van der Waals surface area contributed by atoms with Gasteiger partial charge in [0.05, 0.1) is 6.04 Å². The van der Waals surface area contributed by atoms with Crippen molar-refractivity contribution in [3.8, 4) is 0 Å². The summed E-state index contributed by atoms with van der Waals surface area (Å²) >= 11 is 0. The first-order chi connectivity index (χ1) is 11.8. The largest absolute Gasteiger partial charge is 0.476 e. The standard InChI is InChI=1S/C16H16N2O6S/c1-8-2-4-9(5-3-8)25(22,23)24-14-10-6-7-17-11-12(10)18(15(11)19)13(14)16(20)21/h2-5,10-12,17H,6-7H2,1H3,(H,20,21)/t10?,11-,12+/m0/s1. The molecule has 0 aliphatic carbocycles. The fourth-order valence-corrected chi connectivity index (χ4v) is 4.72. The van der Waals surface area contributed by atoms with Crippen molar-refractivity contribution >= 4 is 22.0 Å². The summed E-state index contributed by atoms with van der Waals surface area (Å²) in [7, 11) is -4.18. The van der Waals surface area contributed by atoms with Crippen LogP contribution in [-0.2, 0) is 23.9 Å². The van der Waals surface area contributed by atoms with Crippen LogP contribution in [0.25, 0.3) is 0 Å². The number of aryl methyl sites for hydroxylation is 1. The number of hydrogen-bond acceptors (Lipinski definition) is 6. The third-order valence-corrected chi connectivity index (χ3v) is 6.15. The van der Waals surface area contributed by atoms with E-state index in [0.717, 1.165) is 10.5 Å². The Bertz CT molecular complexity index is 905. The summed E-state index contributed by atoms with van der Waals surface area (Å²) in [5.41, 5.74) is 0.525. The number of carboxylic acids is 1. The number of carbonyl (C=O) groups is 2. The summed E-state index contributed by atoms with van der Waals surface area (Å²) in [6, 6.07) is 5.22. The summed E-state index contributed by atoms with van der Waals surface area (Å²) in [5.74, 6) is -2.31. The highest BCUT2D eigenvalue weighted by Crippen LogP contribution is 2.47. The number of piperidine rings is 1. The third-order valence-electron chi connectivity index (χ3n) is 4.90. The van der Waals surface area contributed by atoms with Gasteiger partial charge in [-0.3, -0.25) is 9.69 Å². The molecule has 1 aromatic carbocycles. The van der Waals surface area contributed by atoms with Crippen LogP contribution in [-0.4, -0.2) is 48.9 Å². The molecule has 9 heteroatoms. The zero-order valence-corrected chi connectivity index (χ0v) is 14.1. The number of β-lactam (4-membered cyclic amide) rings is 1.